The van der Waals surface area contributed by atoms with Gasteiger partial charge >= 0.3 is 0 Å². The number of hydrogen-bond donors (Lipinski definition) is 2. The maximum atomic E-state index is 9.96. The Labute approximate surface area is 97.9 Å². The molecule has 0 amide bonds. The van der Waals surface area contributed by atoms with Crippen LogP contribution in [0.25, 0.3) is 21.9 Å². The van der Waals surface area contributed by atoms with Gasteiger partial charge in [0.25, 0.3) is 0 Å². The fourth-order valence-electron chi connectivity index (χ4n) is 2.15. The van der Waals surface area contributed by atoms with Crippen LogP contribution in [0.5, 0.6) is 11.5 Å². The van der Waals surface area contributed by atoms with Crippen LogP contribution < -0.4 is 0 Å². The molecule has 0 aliphatic carbocycles. The summed E-state index contributed by atoms with van der Waals surface area (Å²) < 4.78 is 5.68. The lowest BCUT2D eigenvalue weighted by Crippen LogP contribution is -1.75. The number of phenols is 2. The Morgan fingerprint density at radius 1 is 0.882 bits per heavy atom. The van der Waals surface area contributed by atoms with Crippen molar-refractivity contribution in [2.45, 2.75) is 13.8 Å². The van der Waals surface area contributed by atoms with Crippen molar-refractivity contribution in [3.05, 3.63) is 35.4 Å². The fraction of sp³-hybridized carbons (Fsp3) is 0.143. The van der Waals surface area contributed by atoms with Gasteiger partial charge in [0.1, 0.15) is 22.7 Å². The first-order valence-corrected chi connectivity index (χ1v) is 5.41. The van der Waals surface area contributed by atoms with Crippen molar-refractivity contribution >= 4 is 21.9 Å². The number of benzene rings is 2. The van der Waals surface area contributed by atoms with Gasteiger partial charge in [-0.2, -0.15) is 0 Å². The molecule has 3 nitrogen and oxygen atoms in total. The average molecular weight is 228 g/mol. The van der Waals surface area contributed by atoms with E-state index in [2.05, 4.69) is 0 Å². The third-order valence-electron chi connectivity index (χ3n) is 3.01. The van der Waals surface area contributed by atoms with Gasteiger partial charge in [-0.1, -0.05) is 0 Å². The topological polar surface area (TPSA) is 53.6 Å². The van der Waals surface area contributed by atoms with Crippen molar-refractivity contribution in [3.8, 4) is 11.5 Å². The molecular formula is C14H12O3. The lowest BCUT2D eigenvalue weighted by Gasteiger charge is -1.98. The van der Waals surface area contributed by atoms with Crippen LogP contribution in [0.4, 0.5) is 0 Å². The molecule has 0 saturated carbocycles. The van der Waals surface area contributed by atoms with Gasteiger partial charge in [0, 0.05) is 5.39 Å². The molecule has 1 aromatic heterocycles. The van der Waals surface area contributed by atoms with Crippen molar-refractivity contribution in [3.63, 3.8) is 0 Å². The zero-order valence-corrected chi connectivity index (χ0v) is 9.61. The Kier molecular flexibility index (Phi) is 1.87. The summed E-state index contributed by atoms with van der Waals surface area (Å²) in [7, 11) is 0. The Morgan fingerprint density at radius 2 is 1.65 bits per heavy atom. The summed E-state index contributed by atoms with van der Waals surface area (Å²) in [6.45, 7) is 3.71. The third kappa shape index (κ3) is 1.35. The molecule has 0 radical (unpaired) electrons. The molecular weight excluding hydrogens is 216 g/mol. The van der Waals surface area contributed by atoms with Crippen molar-refractivity contribution in [2.24, 2.45) is 0 Å². The molecule has 0 aliphatic rings. The van der Waals surface area contributed by atoms with Crippen LogP contribution in [0.2, 0.25) is 0 Å². The highest BCUT2D eigenvalue weighted by molar-refractivity contribution is 6.09. The predicted molar refractivity (Wildman–Crippen MR) is 66.5 cm³/mol. The molecule has 2 aromatic carbocycles. The first-order valence-electron chi connectivity index (χ1n) is 5.41. The number of rotatable bonds is 0. The molecule has 0 saturated heterocycles. The molecule has 0 aliphatic heterocycles. The molecule has 0 atom stereocenters. The lowest BCUT2D eigenvalue weighted by molar-refractivity contribution is 0.471. The Balaban J connectivity index is 2.56. The fourth-order valence-corrected chi connectivity index (χ4v) is 2.15. The molecule has 3 rings (SSSR count). The second kappa shape index (κ2) is 3.17. The molecule has 3 aromatic rings. The van der Waals surface area contributed by atoms with Crippen molar-refractivity contribution in [1.82, 2.24) is 0 Å². The van der Waals surface area contributed by atoms with E-state index in [1.165, 1.54) is 0 Å². The monoisotopic (exact) mass is 228 g/mol. The molecule has 86 valence electrons. The van der Waals surface area contributed by atoms with E-state index in [0.717, 1.165) is 16.5 Å². The van der Waals surface area contributed by atoms with Crippen molar-refractivity contribution in [1.29, 1.82) is 0 Å². The van der Waals surface area contributed by atoms with Crippen LogP contribution in [0.3, 0.4) is 0 Å². The average Bonchev–Trinajstić information content (AvgIpc) is 2.56. The van der Waals surface area contributed by atoms with Crippen molar-refractivity contribution in [2.75, 3.05) is 0 Å². The molecule has 0 bridgehead atoms. The van der Waals surface area contributed by atoms with Crippen LogP contribution in [-0.4, -0.2) is 10.2 Å². The van der Waals surface area contributed by atoms with Gasteiger partial charge in [-0.25, -0.2) is 0 Å². The van der Waals surface area contributed by atoms with E-state index in [1.807, 2.05) is 19.9 Å². The van der Waals surface area contributed by atoms with Crippen LogP contribution in [0, 0.1) is 13.8 Å². The summed E-state index contributed by atoms with van der Waals surface area (Å²) >= 11 is 0. The third-order valence-corrected chi connectivity index (χ3v) is 3.01. The summed E-state index contributed by atoms with van der Waals surface area (Å²) in [5.74, 6) is 0.391. The van der Waals surface area contributed by atoms with Gasteiger partial charge in [-0.15, -0.1) is 0 Å². The minimum absolute atomic E-state index is 0.182. The number of fused-ring (bicyclic) bond motifs is 3. The van der Waals surface area contributed by atoms with E-state index >= 15 is 0 Å². The molecule has 17 heavy (non-hydrogen) atoms. The quantitative estimate of drug-likeness (QED) is 0.618. The van der Waals surface area contributed by atoms with Crippen molar-refractivity contribution < 1.29 is 14.6 Å². The van der Waals surface area contributed by atoms with Gasteiger partial charge in [0.15, 0.2) is 0 Å². The van der Waals surface area contributed by atoms with E-state index in [9.17, 15) is 10.2 Å². The number of phenolic OH excluding ortho intramolecular Hbond substituents is 2. The predicted octanol–water partition coefficient (Wildman–Crippen LogP) is 3.61. The Bertz CT molecular complexity index is 738. The van der Waals surface area contributed by atoms with Crippen LogP contribution in [0.15, 0.2) is 28.7 Å². The zero-order valence-electron chi connectivity index (χ0n) is 9.61. The van der Waals surface area contributed by atoms with Gasteiger partial charge in [-0.3, -0.25) is 0 Å². The summed E-state index contributed by atoms with van der Waals surface area (Å²) in [4.78, 5) is 0. The maximum absolute atomic E-state index is 9.96. The second-order valence-corrected chi connectivity index (χ2v) is 4.39. The van der Waals surface area contributed by atoms with Gasteiger partial charge in [0.05, 0.1) is 5.39 Å². The maximum Gasteiger partial charge on any atom is 0.139 e. The summed E-state index contributed by atoms with van der Waals surface area (Å²) in [6, 6.07) is 6.97. The molecule has 0 fully saturated rings. The highest BCUT2D eigenvalue weighted by atomic mass is 16.3. The summed E-state index contributed by atoms with van der Waals surface area (Å²) in [5, 5.41) is 21.1. The Morgan fingerprint density at radius 3 is 2.41 bits per heavy atom. The zero-order chi connectivity index (χ0) is 12.2. The standard InChI is InChI=1S/C14H12O3/c1-7-3-11(16)14-9-6-10(15)8(2)5-12(9)17-13(14)4-7/h3-6,15-16H,1-2H3. The van der Waals surface area contributed by atoms with Gasteiger partial charge in [-0.05, 0) is 49.2 Å². The lowest BCUT2D eigenvalue weighted by atomic mass is 10.1. The smallest absolute Gasteiger partial charge is 0.139 e. The minimum Gasteiger partial charge on any atom is -0.508 e. The van der Waals surface area contributed by atoms with E-state index in [0.29, 0.717) is 16.6 Å². The number of hydrogen-bond acceptors (Lipinski definition) is 3. The first-order chi connectivity index (χ1) is 8.06. The molecule has 1 heterocycles. The number of aromatic hydroxyl groups is 2. The molecule has 0 unspecified atom stereocenters. The number of furan rings is 1. The van der Waals surface area contributed by atoms with Gasteiger partial charge < -0.3 is 14.6 Å². The Hall–Kier alpha value is -2.16. The SMILES string of the molecule is Cc1cc(O)c2c(c1)oc1cc(C)c(O)cc12. The van der Waals surface area contributed by atoms with Crippen LogP contribution >= 0.6 is 0 Å². The first kappa shape index (κ1) is 10.0. The van der Waals surface area contributed by atoms with Crippen LogP contribution in [-0.2, 0) is 0 Å². The highest BCUT2D eigenvalue weighted by Crippen LogP contribution is 2.38. The molecule has 0 spiro atoms. The van der Waals surface area contributed by atoms with Gasteiger partial charge in [0.2, 0.25) is 0 Å². The van der Waals surface area contributed by atoms with Crippen LogP contribution in [0.1, 0.15) is 11.1 Å². The largest absolute Gasteiger partial charge is 0.508 e. The van der Waals surface area contributed by atoms with E-state index < -0.39 is 0 Å². The summed E-state index contributed by atoms with van der Waals surface area (Å²) in [5.41, 5.74) is 3.02. The second-order valence-electron chi connectivity index (χ2n) is 4.39. The number of aryl methyl sites for hydroxylation is 2. The van der Waals surface area contributed by atoms with E-state index in [1.54, 1.807) is 18.2 Å². The highest BCUT2D eigenvalue weighted by Gasteiger charge is 2.13. The molecule has 2 N–H and O–H groups in total. The summed E-state index contributed by atoms with van der Waals surface area (Å²) in [6.07, 6.45) is 0. The van der Waals surface area contributed by atoms with E-state index in [4.69, 9.17) is 4.42 Å². The normalized spacial score (nSPS) is 11.4. The molecule has 3 heteroatoms. The minimum atomic E-state index is 0.182. The van der Waals surface area contributed by atoms with E-state index in [-0.39, 0.29) is 11.5 Å².